The van der Waals surface area contributed by atoms with Crippen LogP contribution in [-0.2, 0) is 4.79 Å². The number of carbonyl (C=O) groups is 1. The predicted octanol–water partition coefficient (Wildman–Crippen LogP) is 2.60. The minimum Gasteiger partial charge on any atom is -0.339 e. The van der Waals surface area contributed by atoms with Crippen LogP contribution in [0.15, 0.2) is 12.7 Å². The molecule has 13 heavy (non-hydrogen) atoms. The van der Waals surface area contributed by atoms with E-state index >= 15 is 0 Å². The van der Waals surface area contributed by atoms with Crippen LogP contribution in [0.25, 0.3) is 0 Å². The summed E-state index contributed by atoms with van der Waals surface area (Å²) in [5.41, 5.74) is 0. The fourth-order valence-corrected chi connectivity index (χ4v) is 1.25. The molecule has 0 aromatic rings. The minimum absolute atomic E-state index is 0.260. The molecular formula is C11H21NO. The first-order valence-electron chi connectivity index (χ1n) is 5.14. The van der Waals surface area contributed by atoms with Gasteiger partial charge in [-0.05, 0) is 13.3 Å². The zero-order valence-corrected chi connectivity index (χ0v) is 8.88. The Bertz CT molecular complexity index is 154. The molecule has 0 rings (SSSR count). The molecule has 0 saturated heterocycles. The number of likely N-dealkylation sites (N-methyl/N-ethyl adjacent to an activating group) is 1. The first kappa shape index (κ1) is 12.2. The third kappa shape index (κ3) is 5.45. The van der Waals surface area contributed by atoms with E-state index in [2.05, 4.69) is 13.5 Å². The highest BCUT2D eigenvalue weighted by Gasteiger charge is 2.08. The van der Waals surface area contributed by atoms with E-state index in [1.54, 1.807) is 6.08 Å². The summed E-state index contributed by atoms with van der Waals surface area (Å²) < 4.78 is 0. The van der Waals surface area contributed by atoms with Crippen molar-refractivity contribution in [2.45, 2.75) is 39.5 Å². The van der Waals surface area contributed by atoms with Gasteiger partial charge in [0.15, 0.2) is 0 Å². The molecule has 0 N–H and O–H groups in total. The first-order valence-corrected chi connectivity index (χ1v) is 5.14. The molecule has 0 spiro atoms. The van der Waals surface area contributed by atoms with Crippen LogP contribution in [0.5, 0.6) is 0 Å². The van der Waals surface area contributed by atoms with E-state index in [9.17, 15) is 4.79 Å². The van der Waals surface area contributed by atoms with Crippen LogP contribution < -0.4 is 0 Å². The van der Waals surface area contributed by atoms with E-state index in [1.165, 1.54) is 6.42 Å². The Morgan fingerprint density at radius 3 is 2.54 bits per heavy atom. The standard InChI is InChI=1S/C11H21NO/c1-4-7-8-9-11(13)12(6-3)10-5-2/h5H,2,4,6-10H2,1,3H3. The Hall–Kier alpha value is -0.790. The molecule has 0 atom stereocenters. The van der Waals surface area contributed by atoms with Crippen LogP contribution in [0.2, 0.25) is 0 Å². The molecule has 1 amide bonds. The van der Waals surface area contributed by atoms with Crippen molar-refractivity contribution < 1.29 is 4.79 Å². The number of unbranched alkanes of at least 4 members (excludes halogenated alkanes) is 2. The van der Waals surface area contributed by atoms with Gasteiger partial charge in [-0.2, -0.15) is 0 Å². The van der Waals surface area contributed by atoms with Gasteiger partial charge < -0.3 is 4.90 Å². The number of hydrogen-bond donors (Lipinski definition) is 0. The summed E-state index contributed by atoms with van der Waals surface area (Å²) in [7, 11) is 0. The van der Waals surface area contributed by atoms with Gasteiger partial charge in [-0.15, -0.1) is 6.58 Å². The van der Waals surface area contributed by atoms with Crippen molar-refractivity contribution in [2.24, 2.45) is 0 Å². The quantitative estimate of drug-likeness (QED) is 0.439. The zero-order chi connectivity index (χ0) is 10.1. The number of rotatable bonds is 7. The highest BCUT2D eigenvalue weighted by Crippen LogP contribution is 2.02. The van der Waals surface area contributed by atoms with Gasteiger partial charge in [0, 0.05) is 19.5 Å². The Kier molecular flexibility index (Phi) is 7.36. The van der Waals surface area contributed by atoms with Gasteiger partial charge >= 0.3 is 0 Å². The van der Waals surface area contributed by atoms with Crippen molar-refractivity contribution in [3.8, 4) is 0 Å². The Labute approximate surface area is 81.6 Å². The van der Waals surface area contributed by atoms with Gasteiger partial charge in [0.05, 0.1) is 0 Å². The lowest BCUT2D eigenvalue weighted by atomic mass is 10.2. The van der Waals surface area contributed by atoms with Crippen LogP contribution in [0.1, 0.15) is 39.5 Å². The molecule has 0 aromatic carbocycles. The summed E-state index contributed by atoms with van der Waals surface area (Å²) in [5.74, 6) is 0.260. The van der Waals surface area contributed by atoms with E-state index in [1.807, 2.05) is 11.8 Å². The third-order valence-electron chi connectivity index (χ3n) is 2.08. The van der Waals surface area contributed by atoms with Crippen LogP contribution in [0.3, 0.4) is 0 Å². The molecule has 0 saturated carbocycles. The predicted molar refractivity (Wildman–Crippen MR) is 56.6 cm³/mol. The Morgan fingerprint density at radius 1 is 1.38 bits per heavy atom. The molecule has 0 aliphatic heterocycles. The third-order valence-corrected chi connectivity index (χ3v) is 2.08. The molecule has 0 bridgehead atoms. The summed E-state index contributed by atoms with van der Waals surface area (Å²) in [6.45, 7) is 9.25. The molecule has 0 radical (unpaired) electrons. The highest BCUT2D eigenvalue weighted by molar-refractivity contribution is 5.76. The summed E-state index contributed by atoms with van der Waals surface area (Å²) in [6, 6.07) is 0. The van der Waals surface area contributed by atoms with Crippen molar-refractivity contribution in [3.05, 3.63) is 12.7 Å². The van der Waals surface area contributed by atoms with E-state index in [0.29, 0.717) is 13.0 Å². The van der Waals surface area contributed by atoms with Gasteiger partial charge in [-0.25, -0.2) is 0 Å². The molecule has 2 heteroatoms. The molecule has 2 nitrogen and oxygen atoms in total. The van der Waals surface area contributed by atoms with Gasteiger partial charge in [-0.1, -0.05) is 25.8 Å². The van der Waals surface area contributed by atoms with E-state index in [-0.39, 0.29) is 5.91 Å². The summed E-state index contributed by atoms with van der Waals surface area (Å²) >= 11 is 0. The fourth-order valence-electron chi connectivity index (χ4n) is 1.25. The van der Waals surface area contributed by atoms with E-state index < -0.39 is 0 Å². The van der Waals surface area contributed by atoms with Crippen LogP contribution in [-0.4, -0.2) is 23.9 Å². The smallest absolute Gasteiger partial charge is 0.222 e. The van der Waals surface area contributed by atoms with Gasteiger partial charge in [-0.3, -0.25) is 4.79 Å². The number of carbonyl (C=O) groups excluding carboxylic acids is 1. The van der Waals surface area contributed by atoms with Crippen molar-refractivity contribution in [3.63, 3.8) is 0 Å². The van der Waals surface area contributed by atoms with Crippen molar-refractivity contribution in [1.82, 2.24) is 4.90 Å². The lowest BCUT2D eigenvalue weighted by Gasteiger charge is -2.18. The maximum absolute atomic E-state index is 11.5. The molecular weight excluding hydrogens is 162 g/mol. The largest absolute Gasteiger partial charge is 0.339 e. The van der Waals surface area contributed by atoms with Crippen LogP contribution >= 0.6 is 0 Å². The Balaban J connectivity index is 3.70. The monoisotopic (exact) mass is 183 g/mol. The molecule has 0 unspecified atom stereocenters. The minimum atomic E-state index is 0.260. The topological polar surface area (TPSA) is 20.3 Å². The fraction of sp³-hybridized carbons (Fsp3) is 0.727. The summed E-state index contributed by atoms with van der Waals surface area (Å²) in [6.07, 6.45) is 5.80. The average molecular weight is 183 g/mol. The van der Waals surface area contributed by atoms with Crippen molar-refractivity contribution >= 4 is 5.91 Å². The first-order chi connectivity index (χ1) is 6.26. The lowest BCUT2D eigenvalue weighted by molar-refractivity contribution is -0.130. The number of hydrogen-bond acceptors (Lipinski definition) is 1. The van der Waals surface area contributed by atoms with Gasteiger partial charge in [0.2, 0.25) is 5.91 Å². The van der Waals surface area contributed by atoms with Crippen molar-refractivity contribution in [2.75, 3.05) is 13.1 Å². The molecule has 0 aliphatic rings. The van der Waals surface area contributed by atoms with Gasteiger partial charge in [0.1, 0.15) is 0 Å². The SMILES string of the molecule is C=CCN(CC)C(=O)CCCCC. The highest BCUT2D eigenvalue weighted by atomic mass is 16.2. The molecule has 0 heterocycles. The van der Waals surface area contributed by atoms with E-state index in [0.717, 1.165) is 19.4 Å². The molecule has 0 aliphatic carbocycles. The van der Waals surface area contributed by atoms with Crippen LogP contribution in [0, 0.1) is 0 Å². The van der Waals surface area contributed by atoms with E-state index in [4.69, 9.17) is 0 Å². The summed E-state index contributed by atoms with van der Waals surface area (Å²) in [5, 5.41) is 0. The Morgan fingerprint density at radius 2 is 2.08 bits per heavy atom. The van der Waals surface area contributed by atoms with Crippen molar-refractivity contribution in [1.29, 1.82) is 0 Å². The lowest BCUT2D eigenvalue weighted by Crippen LogP contribution is -2.30. The molecule has 0 aromatic heterocycles. The maximum Gasteiger partial charge on any atom is 0.222 e. The normalized spacial score (nSPS) is 9.69. The number of amides is 1. The average Bonchev–Trinajstić information content (AvgIpc) is 2.14. The number of nitrogens with zero attached hydrogens (tertiary/aromatic N) is 1. The van der Waals surface area contributed by atoms with Crippen LogP contribution in [0.4, 0.5) is 0 Å². The second-order valence-electron chi connectivity index (χ2n) is 3.18. The second kappa shape index (κ2) is 7.84. The zero-order valence-electron chi connectivity index (χ0n) is 8.88. The maximum atomic E-state index is 11.5. The molecule has 0 fully saturated rings. The summed E-state index contributed by atoms with van der Waals surface area (Å²) in [4.78, 5) is 13.4. The molecule has 76 valence electrons. The second-order valence-corrected chi connectivity index (χ2v) is 3.18. The van der Waals surface area contributed by atoms with Gasteiger partial charge in [0.25, 0.3) is 0 Å².